The van der Waals surface area contributed by atoms with Crippen molar-refractivity contribution in [3.63, 3.8) is 0 Å². The number of hydrogen-bond donors (Lipinski definition) is 1. The summed E-state index contributed by atoms with van der Waals surface area (Å²) in [4.78, 5) is 4.34. The van der Waals surface area contributed by atoms with Crippen LogP contribution in [0.2, 0.25) is 0 Å². The number of nitrogens with zero attached hydrogens (tertiary/aromatic N) is 2. The summed E-state index contributed by atoms with van der Waals surface area (Å²) in [5.41, 5.74) is 2.15. The fraction of sp³-hybridized carbons (Fsp3) is 0.500. The summed E-state index contributed by atoms with van der Waals surface area (Å²) in [6.07, 6.45) is 6.00. The quantitative estimate of drug-likeness (QED) is 0.919. The van der Waals surface area contributed by atoms with Gasteiger partial charge in [-0.25, -0.2) is 9.37 Å². The number of halogens is 1. The number of imidazole rings is 1. The van der Waals surface area contributed by atoms with Crippen LogP contribution < -0.4 is 5.32 Å². The third-order valence-electron chi connectivity index (χ3n) is 4.82. The fourth-order valence-electron chi connectivity index (χ4n) is 3.46. The van der Waals surface area contributed by atoms with Crippen LogP contribution in [-0.2, 0) is 4.74 Å². The zero-order valence-corrected chi connectivity index (χ0v) is 13.7. The van der Waals surface area contributed by atoms with Crippen LogP contribution in [0.5, 0.6) is 0 Å². The molecule has 1 N–H and O–H groups in total. The number of ether oxygens (including phenoxy) is 1. The van der Waals surface area contributed by atoms with E-state index in [-0.39, 0.29) is 18.0 Å². The average Bonchev–Trinajstić information content (AvgIpc) is 3.06. The Labute approximate surface area is 136 Å². The van der Waals surface area contributed by atoms with Crippen molar-refractivity contribution in [1.82, 2.24) is 14.9 Å². The molecule has 1 aromatic heterocycles. The minimum Gasteiger partial charge on any atom is -0.375 e. The Morgan fingerprint density at radius 1 is 1.26 bits per heavy atom. The van der Waals surface area contributed by atoms with Gasteiger partial charge in [-0.2, -0.15) is 0 Å². The number of aromatic nitrogens is 2. The predicted molar refractivity (Wildman–Crippen MR) is 87.8 cm³/mol. The van der Waals surface area contributed by atoms with Crippen LogP contribution in [0.3, 0.4) is 0 Å². The Balaban J connectivity index is 1.86. The van der Waals surface area contributed by atoms with Gasteiger partial charge >= 0.3 is 0 Å². The zero-order chi connectivity index (χ0) is 16.2. The first-order valence-electron chi connectivity index (χ1n) is 8.21. The molecule has 2 heterocycles. The molecule has 4 nitrogen and oxygen atoms in total. The Hall–Kier alpha value is -1.72. The number of piperidine rings is 1. The summed E-state index contributed by atoms with van der Waals surface area (Å²) in [6.45, 7) is 4.17. The normalized spacial score (nSPS) is 18.7. The van der Waals surface area contributed by atoms with E-state index in [0.29, 0.717) is 5.92 Å². The van der Waals surface area contributed by atoms with E-state index in [4.69, 9.17) is 4.74 Å². The van der Waals surface area contributed by atoms with Crippen molar-refractivity contribution >= 4 is 0 Å². The summed E-state index contributed by atoms with van der Waals surface area (Å²) in [7, 11) is 1.77. The lowest BCUT2D eigenvalue weighted by molar-refractivity contribution is 0.0320. The van der Waals surface area contributed by atoms with Crippen molar-refractivity contribution in [2.45, 2.75) is 31.9 Å². The van der Waals surface area contributed by atoms with Crippen molar-refractivity contribution in [2.24, 2.45) is 5.92 Å². The maximum Gasteiger partial charge on any atom is 0.123 e. The van der Waals surface area contributed by atoms with E-state index >= 15 is 0 Å². The lowest BCUT2D eigenvalue weighted by Gasteiger charge is -2.31. The Morgan fingerprint density at radius 3 is 2.61 bits per heavy atom. The fourth-order valence-corrected chi connectivity index (χ4v) is 3.46. The maximum atomic E-state index is 13.2. The van der Waals surface area contributed by atoms with Crippen LogP contribution >= 0.6 is 0 Å². The highest BCUT2D eigenvalue weighted by molar-refractivity contribution is 5.22. The molecule has 1 saturated heterocycles. The summed E-state index contributed by atoms with van der Waals surface area (Å²) in [6, 6.07) is 6.76. The summed E-state index contributed by atoms with van der Waals surface area (Å²) in [5, 5.41) is 3.39. The third-order valence-corrected chi connectivity index (χ3v) is 4.82. The molecule has 0 spiro atoms. The Morgan fingerprint density at radius 2 is 1.96 bits per heavy atom. The highest BCUT2D eigenvalue weighted by Crippen LogP contribution is 2.33. The smallest absolute Gasteiger partial charge is 0.123 e. The molecule has 23 heavy (non-hydrogen) atoms. The molecule has 5 heteroatoms. The molecule has 124 valence electrons. The molecule has 2 aromatic rings. The van der Waals surface area contributed by atoms with E-state index in [1.165, 1.54) is 12.1 Å². The monoisotopic (exact) mass is 317 g/mol. The van der Waals surface area contributed by atoms with Crippen LogP contribution in [0.15, 0.2) is 36.8 Å². The van der Waals surface area contributed by atoms with E-state index in [2.05, 4.69) is 21.8 Å². The van der Waals surface area contributed by atoms with E-state index in [9.17, 15) is 4.39 Å². The molecule has 1 aromatic carbocycles. The SMILES string of the molecule is COC(c1cncn1C(C)c1ccc(F)cc1)C1CCNCC1. The Kier molecular flexibility index (Phi) is 5.08. The molecular formula is C18H24FN3O. The molecular weight excluding hydrogens is 293 g/mol. The van der Waals surface area contributed by atoms with Crippen molar-refractivity contribution in [2.75, 3.05) is 20.2 Å². The number of benzene rings is 1. The lowest BCUT2D eigenvalue weighted by atomic mass is 9.90. The molecule has 1 aliphatic rings. The van der Waals surface area contributed by atoms with E-state index < -0.39 is 0 Å². The molecule has 2 atom stereocenters. The highest BCUT2D eigenvalue weighted by atomic mass is 19.1. The molecule has 0 bridgehead atoms. The van der Waals surface area contributed by atoms with Gasteiger partial charge < -0.3 is 14.6 Å². The van der Waals surface area contributed by atoms with E-state index in [0.717, 1.165) is 37.2 Å². The molecule has 0 aliphatic carbocycles. The van der Waals surface area contributed by atoms with Crippen LogP contribution in [0.4, 0.5) is 4.39 Å². The van der Waals surface area contributed by atoms with Crippen molar-refractivity contribution in [3.05, 3.63) is 53.9 Å². The summed E-state index contributed by atoms with van der Waals surface area (Å²) < 4.78 is 21.1. The molecule has 2 unspecified atom stereocenters. The second-order valence-electron chi connectivity index (χ2n) is 6.20. The van der Waals surface area contributed by atoms with Gasteiger partial charge in [0.1, 0.15) is 11.9 Å². The van der Waals surface area contributed by atoms with Crippen LogP contribution in [0.25, 0.3) is 0 Å². The number of rotatable bonds is 5. The molecule has 0 radical (unpaired) electrons. The van der Waals surface area contributed by atoms with Crippen LogP contribution in [0, 0.1) is 11.7 Å². The topological polar surface area (TPSA) is 39.1 Å². The van der Waals surface area contributed by atoms with Gasteiger partial charge in [-0.3, -0.25) is 0 Å². The second-order valence-corrected chi connectivity index (χ2v) is 6.20. The zero-order valence-electron chi connectivity index (χ0n) is 13.7. The van der Waals surface area contributed by atoms with Gasteiger partial charge in [0, 0.05) is 7.11 Å². The minimum atomic E-state index is -0.212. The summed E-state index contributed by atoms with van der Waals surface area (Å²) in [5.74, 6) is 0.286. The third kappa shape index (κ3) is 3.46. The maximum absolute atomic E-state index is 13.2. The van der Waals surface area contributed by atoms with Gasteiger partial charge in [0.15, 0.2) is 0 Å². The molecule has 0 amide bonds. The van der Waals surface area contributed by atoms with Crippen molar-refractivity contribution in [3.8, 4) is 0 Å². The summed E-state index contributed by atoms with van der Waals surface area (Å²) >= 11 is 0. The number of methoxy groups -OCH3 is 1. The largest absolute Gasteiger partial charge is 0.375 e. The molecule has 1 fully saturated rings. The van der Waals surface area contributed by atoms with Gasteiger partial charge in [0.05, 0.1) is 24.3 Å². The van der Waals surface area contributed by atoms with Gasteiger partial charge in [0.2, 0.25) is 0 Å². The first-order valence-corrected chi connectivity index (χ1v) is 8.21. The van der Waals surface area contributed by atoms with Gasteiger partial charge in [-0.1, -0.05) is 12.1 Å². The highest BCUT2D eigenvalue weighted by Gasteiger charge is 2.28. The average molecular weight is 317 g/mol. The van der Waals surface area contributed by atoms with Crippen LogP contribution in [-0.4, -0.2) is 29.8 Å². The van der Waals surface area contributed by atoms with Crippen molar-refractivity contribution < 1.29 is 9.13 Å². The van der Waals surface area contributed by atoms with Crippen LogP contribution in [0.1, 0.15) is 43.2 Å². The Bertz CT molecular complexity index is 619. The number of nitrogens with one attached hydrogen (secondary N) is 1. The van der Waals surface area contributed by atoms with Crippen molar-refractivity contribution in [1.29, 1.82) is 0 Å². The van der Waals surface area contributed by atoms with Gasteiger partial charge in [0.25, 0.3) is 0 Å². The first kappa shape index (κ1) is 16.1. The second kappa shape index (κ2) is 7.23. The standard InChI is InChI=1S/C18H24FN3O/c1-13(14-3-5-16(19)6-4-14)22-12-21-11-17(22)18(23-2)15-7-9-20-10-8-15/h3-6,11-13,15,18,20H,7-10H2,1-2H3. The molecule has 1 aliphatic heterocycles. The predicted octanol–water partition coefficient (Wildman–Crippen LogP) is 3.32. The van der Waals surface area contributed by atoms with Gasteiger partial charge in [-0.05, 0) is 56.5 Å². The lowest BCUT2D eigenvalue weighted by Crippen LogP contribution is -2.32. The number of hydrogen-bond acceptors (Lipinski definition) is 3. The van der Waals surface area contributed by atoms with E-state index in [1.54, 1.807) is 7.11 Å². The van der Waals surface area contributed by atoms with E-state index in [1.807, 2.05) is 24.7 Å². The first-order chi connectivity index (χ1) is 11.2. The minimum absolute atomic E-state index is 0.0440. The molecule has 0 saturated carbocycles. The van der Waals surface area contributed by atoms with Gasteiger partial charge in [-0.15, -0.1) is 0 Å². The molecule has 3 rings (SSSR count).